The largest absolute Gasteiger partial charge is 0.462 e. The van der Waals surface area contributed by atoms with E-state index in [-0.39, 0.29) is 5.97 Å². The van der Waals surface area contributed by atoms with E-state index in [0.717, 1.165) is 21.0 Å². The molecule has 114 valence electrons. The van der Waals surface area contributed by atoms with Gasteiger partial charge < -0.3 is 4.74 Å². The van der Waals surface area contributed by atoms with Crippen molar-refractivity contribution in [1.29, 1.82) is 0 Å². The van der Waals surface area contributed by atoms with Gasteiger partial charge in [-0.3, -0.25) is 0 Å². The average Bonchev–Trinajstić information content (AvgIpc) is 2.99. The SMILES string of the molecule is CCOC(=O)c1c(C)nn(-c2nc3ccc(C)cc3s2)c1C. The standard InChI is InChI=1S/C16H17N3O2S/c1-5-21-15(20)14-10(3)18-19(11(14)4)16-17-12-7-6-9(2)8-13(12)22-16/h6-8H,5H2,1-4H3. The van der Waals surface area contributed by atoms with Gasteiger partial charge in [-0.05, 0) is 45.4 Å². The number of esters is 1. The van der Waals surface area contributed by atoms with Crippen molar-refractivity contribution in [3.63, 3.8) is 0 Å². The third kappa shape index (κ3) is 2.39. The molecule has 0 saturated carbocycles. The molecular formula is C16H17N3O2S. The number of benzene rings is 1. The lowest BCUT2D eigenvalue weighted by Gasteiger charge is -2.02. The lowest BCUT2D eigenvalue weighted by molar-refractivity contribution is 0.0524. The zero-order chi connectivity index (χ0) is 15.9. The van der Waals surface area contributed by atoms with Gasteiger partial charge in [-0.1, -0.05) is 17.4 Å². The van der Waals surface area contributed by atoms with E-state index < -0.39 is 0 Å². The summed E-state index contributed by atoms with van der Waals surface area (Å²) >= 11 is 1.56. The van der Waals surface area contributed by atoms with Crippen LogP contribution in [0.25, 0.3) is 15.3 Å². The summed E-state index contributed by atoms with van der Waals surface area (Å²) in [5.41, 5.74) is 4.08. The van der Waals surface area contributed by atoms with E-state index in [1.165, 1.54) is 5.56 Å². The predicted octanol–water partition coefficient (Wildman–Crippen LogP) is 3.58. The van der Waals surface area contributed by atoms with E-state index in [9.17, 15) is 4.79 Å². The molecule has 0 amide bonds. The Hall–Kier alpha value is -2.21. The number of nitrogens with zero attached hydrogens (tertiary/aromatic N) is 3. The van der Waals surface area contributed by atoms with Crippen molar-refractivity contribution in [2.45, 2.75) is 27.7 Å². The van der Waals surface area contributed by atoms with Crippen LogP contribution in [0.15, 0.2) is 18.2 Å². The third-order valence-electron chi connectivity index (χ3n) is 3.48. The van der Waals surface area contributed by atoms with Crippen LogP contribution in [0.1, 0.15) is 34.2 Å². The summed E-state index contributed by atoms with van der Waals surface area (Å²) in [6, 6.07) is 6.15. The number of ether oxygens (including phenoxy) is 1. The van der Waals surface area contributed by atoms with Crippen LogP contribution in [0.4, 0.5) is 0 Å². The Morgan fingerprint density at radius 1 is 1.32 bits per heavy atom. The fraction of sp³-hybridized carbons (Fsp3) is 0.312. The van der Waals surface area contributed by atoms with Gasteiger partial charge in [-0.15, -0.1) is 0 Å². The molecule has 0 radical (unpaired) electrons. The molecule has 3 rings (SSSR count). The maximum Gasteiger partial charge on any atom is 0.341 e. The van der Waals surface area contributed by atoms with Gasteiger partial charge in [0.25, 0.3) is 0 Å². The molecule has 0 fully saturated rings. The molecule has 5 nitrogen and oxygen atoms in total. The molecule has 0 aliphatic heterocycles. The van der Waals surface area contributed by atoms with Crippen LogP contribution in [-0.4, -0.2) is 27.3 Å². The second-order valence-electron chi connectivity index (χ2n) is 5.15. The number of rotatable bonds is 3. The van der Waals surface area contributed by atoms with Crippen LogP contribution in [0.5, 0.6) is 0 Å². The molecule has 3 aromatic rings. The van der Waals surface area contributed by atoms with E-state index in [1.54, 1.807) is 22.9 Å². The molecular weight excluding hydrogens is 298 g/mol. The summed E-state index contributed by atoms with van der Waals surface area (Å²) in [4.78, 5) is 16.7. The number of carbonyl (C=O) groups excluding carboxylic acids is 1. The summed E-state index contributed by atoms with van der Waals surface area (Å²) in [5, 5.41) is 5.23. The Bertz CT molecular complexity index is 864. The second-order valence-corrected chi connectivity index (χ2v) is 6.15. The zero-order valence-corrected chi connectivity index (χ0v) is 13.8. The summed E-state index contributed by atoms with van der Waals surface area (Å²) in [6.07, 6.45) is 0. The first kappa shape index (κ1) is 14.7. The molecule has 0 spiro atoms. The molecule has 0 aliphatic carbocycles. The van der Waals surface area contributed by atoms with E-state index >= 15 is 0 Å². The molecule has 1 aromatic carbocycles. The molecule has 0 unspecified atom stereocenters. The number of carbonyl (C=O) groups is 1. The number of hydrogen-bond acceptors (Lipinski definition) is 5. The van der Waals surface area contributed by atoms with Gasteiger partial charge in [0, 0.05) is 0 Å². The molecule has 0 bridgehead atoms. The van der Waals surface area contributed by atoms with Gasteiger partial charge in [-0.2, -0.15) is 5.10 Å². The van der Waals surface area contributed by atoms with Crippen molar-refractivity contribution < 1.29 is 9.53 Å². The van der Waals surface area contributed by atoms with Gasteiger partial charge in [0.1, 0.15) is 5.56 Å². The Kier molecular flexibility index (Phi) is 3.70. The van der Waals surface area contributed by atoms with Gasteiger partial charge in [-0.25, -0.2) is 14.5 Å². The Balaban J connectivity index is 2.11. The highest BCUT2D eigenvalue weighted by molar-refractivity contribution is 7.20. The predicted molar refractivity (Wildman–Crippen MR) is 86.9 cm³/mol. The van der Waals surface area contributed by atoms with Crippen molar-refractivity contribution in [2.75, 3.05) is 6.61 Å². The van der Waals surface area contributed by atoms with Gasteiger partial charge in [0.15, 0.2) is 0 Å². The van der Waals surface area contributed by atoms with Crippen LogP contribution in [0.2, 0.25) is 0 Å². The first-order chi connectivity index (χ1) is 10.5. The number of aryl methyl sites for hydroxylation is 2. The number of hydrogen-bond donors (Lipinski definition) is 0. The topological polar surface area (TPSA) is 57.0 Å². The van der Waals surface area contributed by atoms with Crippen molar-refractivity contribution in [3.05, 3.63) is 40.7 Å². The van der Waals surface area contributed by atoms with E-state index in [4.69, 9.17) is 4.74 Å². The Morgan fingerprint density at radius 3 is 2.82 bits per heavy atom. The van der Waals surface area contributed by atoms with Crippen LogP contribution < -0.4 is 0 Å². The Labute approximate surface area is 132 Å². The number of aromatic nitrogens is 3. The summed E-state index contributed by atoms with van der Waals surface area (Å²) < 4.78 is 7.94. The van der Waals surface area contributed by atoms with Crippen LogP contribution in [0.3, 0.4) is 0 Å². The van der Waals surface area contributed by atoms with E-state index in [1.807, 2.05) is 26.0 Å². The number of thiazole rings is 1. The molecule has 0 N–H and O–H groups in total. The van der Waals surface area contributed by atoms with Gasteiger partial charge in [0.05, 0.1) is 28.2 Å². The minimum atomic E-state index is -0.333. The minimum Gasteiger partial charge on any atom is -0.462 e. The van der Waals surface area contributed by atoms with Crippen molar-refractivity contribution in [2.24, 2.45) is 0 Å². The lowest BCUT2D eigenvalue weighted by Crippen LogP contribution is -2.07. The fourth-order valence-electron chi connectivity index (χ4n) is 2.44. The monoisotopic (exact) mass is 315 g/mol. The summed E-state index contributed by atoms with van der Waals surface area (Å²) in [7, 11) is 0. The van der Waals surface area contributed by atoms with E-state index in [0.29, 0.717) is 17.9 Å². The smallest absolute Gasteiger partial charge is 0.341 e. The summed E-state index contributed by atoms with van der Waals surface area (Å²) in [5.74, 6) is -0.333. The first-order valence-electron chi connectivity index (χ1n) is 7.12. The molecule has 22 heavy (non-hydrogen) atoms. The van der Waals surface area contributed by atoms with Gasteiger partial charge >= 0.3 is 5.97 Å². The van der Waals surface area contributed by atoms with Crippen LogP contribution in [-0.2, 0) is 4.74 Å². The minimum absolute atomic E-state index is 0.333. The molecule has 6 heteroatoms. The van der Waals surface area contributed by atoms with Crippen molar-refractivity contribution in [3.8, 4) is 5.13 Å². The quantitative estimate of drug-likeness (QED) is 0.693. The highest BCUT2D eigenvalue weighted by Gasteiger charge is 2.21. The average molecular weight is 315 g/mol. The molecule has 0 atom stereocenters. The highest BCUT2D eigenvalue weighted by Crippen LogP contribution is 2.27. The fourth-order valence-corrected chi connectivity index (χ4v) is 3.51. The lowest BCUT2D eigenvalue weighted by atomic mass is 10.2. The van der Waals surface area contributed by atoms with Crippen molar-refractivity contribution in [1.82, 2.24) is 14.8 Å². The Morgan fingerprint density at radius 2 is 2.09 bits per heavy atom. The third-order valence-corrected chi connectivity index (χ3v) is 4.48. The molecule has 2 heterocycles. The zero-order valence-electron chi connectivity index (χ0n) is 13.0. The summed E-state index contributed by atoms with van der Waals surface area (Å²) in [6.45, 7) is 7.88. The normalized spacial score (nSPS) is 11.1. The van der Waals surface area contributed by atoms with E-state index in [2.05, 4.69) is 23.1 Å². The highest BCUT2D eigenvalue weighted by atomic mass is 32.1. The second kappa shape index (κ2) is 5.53. The van der Waals surface area contributed by atoms with Gasteiger partial charge in [0.2, 0.25) is 5.13 Å². The molecule has 2 aromatic heterocycles. The first-order valence-corrected chi connectivity index (χ1v) is 7.93. The number of fused-ring (bicyclic) bond motifs is 1. The maximum atomic E-state index is 12.1. The molecule has 0 saturated heterocycles. The van der Waals surface area contributed by atoms with Crippen LogP contribution in [0, 0.1) is 20.8 Å². The van der Waals surface area contributed by atoms with Crippen LogP contribution >= 0.6 is 11.3 Å². The molecule has 0 aliphatic rings. The van der Waals surface area contributed by atoms with Crippen molar-refractivity contribution >= 4 is 27.5 Å². The maximum absolute atomic E-state index is 12.1.